The van der Waals surface area contributed by atoms with Gasteiger partial charge >= 0.3 is 0 Å². The molecule has 15 heavy (non-hydrogen) atoms. The first-order valence-electron chi connectivity index (χ1n) is 5.28. The maximum atomic E-state index is 10.5. The average Bonchev–Trinajstić information content (AvgIpc) is 2.69. The fourth-order valence-corrected chi connectivity index (χ4v) is 1.30. The van der Waals surface area contributed by atoms with E-state index in [-0.39, 0.29) is 0 Å². The predicted molar refractivity (Wildman–Crippen MR) is 58.7 cm³/mol. The van der Waals surface area contributed by atoms with E-state index in [0.29, 0.717) is 5.91 Å². The van der Waals surface area contributed by atoms with Gasteiger partial charge in [-0.25, -0.2) is 0 Å². The Hall–Kier alpha value is -0.650. The van der Waals surface area contributed by atoms with Crippen molar-refractivity contribution in [2.24, 2.45) is 0 Å². The maximum absolute atomic E-state index is 10.5. The molecule has 90 valence electrons. The molecule has 0 spiro atoms. The van der Waals surface area contributed by atoms with Crippen molar-refractivity contribution in [2.45, 2.75) is 12.8 Å². The average molecular weight is 218 g/mol. The Bertz CT molecular complexity index is 149. The van der Waals surface area contributed by atoms with Crippen molar-refractivity contribution in [1.82, 2.24) is 10.2 Å². The van der Waals surface area contributed by atoms with Crippen LogP contribution < -0.4 is 5.32 Å². The van der Waals surface area contributed by atoms with Crippen LogP contribution >= 0.6 is 0 Å². The molecule has 0 aromatic carbocycles. The topological polar surface area (TPSA) is 61.8 Å². The molecule has 5 heteroatoms. The molecular weight excluding hydrogens is 196 g/mol. The summed E-state index contributed by atoms with van der Waals surface area (Å²) in [6, 6.07) is 0. The van der Waals surface area contributed by atoms with Gasteiger partial charge in [-0.15, -0.1) is 0 Å². The SMILES string of the molecule is C1COCCN1.CN1CCCC1=O.CO. The maximum Gasteiger partial charge on any atom is 0.222 e. The van der Waals surface area contributed by atoms with E-state index in [4.69, 9.17) is 9.84 Å². The minimum atomic E-state index is 0.292. The number of nitrogens with zero attached hydrogens (tertiary/aromatic N) is 1. The number of likely N-dealkylation sites (tertiary alicyclic amines) is 1. The molecule has 2 saturated heterocycles. The molecule has 0 aromatic rings. The van der Waals surface area contributed by atoms with Crippen LogP contribution in [-0.2, 0) is 9.53 Å². The molecule has 2 rings (SSSR count). The molecule has 2 N–H and O–H groups in total. The molecular formula is C10H22N2O3. The smallest absolute Gasteiger partial charge is 0.222 e. The highest BCUT2D eigenvalue weighted by atomic mass is 16.5. The Morgan fingerprint density at radius 1 is 1.33 bits per heavy atom. The Balaban J connectivity index is 0.000000227. The largest absolute Gasteiger partial charge is 0.400 e. The Morgan fingerprint density at radius 2 is 1.93 bits per heavy atom. The number of hydrogen-bond acceptors (Lipinski definition) is 4. The van der Waals surface area contributed by atoms with Gasteiger partial charge in [0.25, 0.3) is 0 Å². The van der Waals surface area contributed by atoms with E-state index >= 15 is 0 Å². The van der Waals surface area contributed by atoms with Gasteiger partial charge in [0.1, 0.15) is 0 Å². The van der Waals surface area contributed by atoms with Crippen molar-refractivity contribution in [3.63, 3.8) is 0 Å². The summed E-state index contributed by atoms with van der Waals surface area (Å²) < 4.78 is 5.01. The van der Waals surface area contributed by atoms with Crippen LogP contribution in [0, 0.1) is 0 Å². The first kappa shape index (κ1) is 14.3. The lowest BCUT2D eigenvalue weighted by Crippen LogP contribution is -2.30. The van der Waals surface area contributed by atoms with E-state index in [1.165, 1.54) is 0 Å². The number of hydrogen-bond donors (Lipinski definition) is 2. The van der Waals surface area contributed by atoms with E-state index in [9.17, 15) is 4.79 Å². The van der Waals surface area contributed by atoms with Crippen molar-refractivity contribution < 1.29 is 14.6 Å². The third kappa shape index (κ3) is 7.30. The van der Waals surface area contributed by atoms with Crippen molar-refractivity contribution in [3.05, 3.63) is 0 Å². The van der Waals surface area contributed by atoms with Crippen molar-refractivity contribution in [1.29, 1.82) is 0 Å². The van der Waals surface area contributed by atoms with Gasteiger partial charge in [-0.2, -0.15) is 0 Å². The summed E-state index contributed by atoms with van der Waals surface area (Å²) in [5.74, 6) is 0.292. The van der Waals surface area contributed by atoms with E-state index in [1.54, 1.807) is 4.90 Å². The fraction of sp³-hybridized carbons (Fsp3) is 0.900. The standard InChI is InChI=1S/C5H9NO.C4H9NO.CH4O/c1-6-4-2-3-5(6)7;1-3-6-4-2-5-1;1-2/h2-4H2,1H3;5H,1-4H2;2H,1H3. The van der Waals surface area contributed by atoms with Gasteiger partial charge in [0.2, 0.25) is 5.91 Å². The van der Waals surface area contributed by atoms with Gasteiger partial charge in [0, 0.05) is 40.2 Å². The lowest BCUT2D eigenvalue weighted by molar-refractivity contribution is -0.126. The molecule has 2 heterocycles. The van der Waals surface area contributed by atoms with Gasteiger partial charge in [-0.1, -0.05) is 0 Å². The molecule has 1 amide bonds. The number of amides is 1. The molecule has 2 aliphatic rings. The second-order valence-corrected chi connectivity index (χ2v) is 3.28. The Morgan fingerprint density at radius 3 is 2.07 bits per heavy atom. The predicted octanol–water partition coefficient (Wildman–Crippen LogP) is -0.547. The molecule has 0 aliphatic carbocycles. The zero-order chi connectivity index (χ0) is 11.5. The first-order chi connectivity index (χ1) is 7.30. The molecule has 2 aliphatic heterocycles. The minimum Gasteiger partial charge on any atom is -0.400 e. The second-order valence-electron chi connectivity index (χ2n) is 3.28. The molecule has 0 radical (unpaired) electrons. The number of rotatable bonds is 0. The monoisotopic (exact) mass is 218 g/mol. The first-order valence-corrected chi connectivity index (χ1v) is 5.28. The second kappa shape index (κ2) is 9.89. The normalized spacial score (nSPS) is 19.9. The van der Waals surface area contributed by atoms with Crippen LogP contribution in [0.15, 0.2) is 0 Å². The van der Waals surface area contributed by atoms with Crippen LogP contribution in [0.1, 0.15) is 12.8 Å². The number of carbonyl (C=O) groups is 1. The highest BCUT2D eigenvalue weighted by Gasteiger charge is 2.14. The van der Waals surface area contributed by atoms with Gasteiger partial charge in [-0.3, -0.25) is 4.79 Å². The Labute approximate surface area is 91.4 Å². The van der Waals surface area contributed by atoms with Crippen LogP contribution in [0.5, 0.6) is 0 Å². The quantitative estimate of drug-likeness (QED) is 0.573. The zero-order valence-electron chi connectivity index (χ0n) is 9.66. The molecule has 0 aromatic heterocycles. The van der Waals surface area contributed by atoms with E-state index in [0.717, 1.165) is 52.8 Å². The van der Waals surface area contributed by atoms with E-state index < -0.39 is 0 Å². The number of ether oxygens (including phenoxy) is 1. The van der Waals surface area contributed by atoms with E-state index in [2.05, 4.69) is 5.32 Å². The summed E-state index contributed by atoms with van der Waals surface area (Å²) in [6.45, 7) is 4.79. The molecule has 5 nitrogen and oxygen atoms in total. The summed E-state index contributed by atoms with van der Waals surface area (Å²) in [4.78, 5) is 12.3. The lowest BCUT2D eigenvalue weighted by Gasteiger charge is -2.10. The minimum absolute atomic E-state index is 0.292. The fourth-order valence-electron chi connectivity index (χ4n) is 1.30. The summed E-state index contributed by atoms with van der Waals surface area (Å²) in [5.41, 5.74) is 0. The molecule has 2 fully saturated rings. The van der Waals surface area contributed by atoms with Gasteiger partial charge < -0.3 is 20.1 Å². The summed E-state index contributed by atoms with van der Waals surface area (Å²) >= 11 is 0. The van der Waals surface area contributed by atoms with Crippen LogP contribution in [0.2, 0.25) is 0 Å². The number of aliphatic hydroxyl groups is 1. The van der Waals surface area contributed by atoms with Gasteiger partial charge in [-0.05, 0) is 6.42 Å². The number of nitrogens with one attached hydrogen (secondary N) is 1. The number of morpholine rings is 1. The molecule has 0 saturated carbocycles. The molecule has 0 bridgehead atoms. The van der Waals surface area contributed by atoms with Gasteiger partial charge in [0.15, 0.2) is 0 Å². The number of carbonyl (C=O) groups excluding carboxylic acids is 1. The van der Waals surface area contributed by atoms with Crippen LogP contribution in [0.3, 0.4) is 0 Å². The third-order valence-corrected chi connectivity index (χ3v) is 2.16. The highest BCUT2D eigenvalue weighted by molar-refractivity contribution is 5.77. The highest BCUT2D eigenvalue weighted by Crippen LogP contribution is 2.04. The van der Waals surface area contributed by atoms with Crippen molar-refractivity contribution >= 4 is 5.91 Å². The van der Waals surface area contributed by atoms with Crippen LogP contribution in [0.4, 0.5) is 0 Å². The van der Waals surface area contributed by atoms with Gasteiger partial charge in [0.05, 0.1) is 13.2 Å². The van der Waals surface area contributed by atoms with Crippen LogP contribution in [0.25, 0.3) is 0 Å². The third-order valence-electron chi connectivity index (χ3n) is 2.16. The van der Waals surface area contributed by atoms with E-state index in [1.807, 2.05) is 7.05 Å². The van der Waals surface area contributed by atoms with Crippen LogP contribution in [-0.4, -0.2) is 62.9 Å². The summed E-state index contributed by atoms with van der Waals surface area (Å²) in [5, 5.41) is 10.2. The van der Waals surface area contributed by atoms with Crippen molar-refractivity contribution in [3.8, 4) is 0 Å². The molecule has 0 unspecified atom stereocenters. The lowest BCUT2D eigenvalue weighted by atomic mass is 10.4. The summed E-state index contributed by atoms with van der Waals surface area (Å²) in [7, 11) is 2.84. The number of aliphatic hydroxyl groups excluding tert-OH is 1. The Kier molecular flexibility index (Phi) is 9.46. The van der Waals surface area contributed by atoms with Crippen molar-refractivity contribution in [2.75, 3.05) is 47.0 Å². The molecule has 0 atom stereocenters. The summed E-state index contributed by atoms with van der Waals surface area (Å²) in [6.07, 6.45) is 1.81. The zero-order valence-corrected chi connectivity index (χ0v) is 9.66.